The molecule has 3 rings (SSSR count). The number of fused-ring (bicyclic) bond motifs is 1. The zero-order valence-electron chi connectivity index (χ0n) is 16.6. The summed E-state index contributed by atoms with van der Waals surface area (Å²) in [5, 5.41) is 0.990. The van der Waals surface area contributed by atoms with E-state index in [4.69, 9.17) is 9.15 Å². The van der Waals surface area contributed by atoms with E-state index < -0.39 is 10.0 Å². The van der Waals surface area contributed by atoms with E-state index in [1.807, 2.05) is 44.2 Å². The van der Waals surface area contributed by atoms with Crippen LogP contribution in [0.1, 0.15) is 22.3 Å². The van der Waals surface area contributed by atoms with Gasteiger partial charge in [-0.3, -0.25) is 0 Å². The number of aryl methyl sites for hydroxylation is 1. The molecule has 0 bridgehead atoms. The first-order valence-electron chi connectivity index (χ1n) is 8.84. The van der Waals surface area contributed by atoms with E-state index in [1.165, 1.54) is 18.8 Å². The smallest absolute Gasteiger partial charge is 0.246 e. The predicted molar refractivity (Wildman–Crippen MR) is 124 cm³/mol. The fourth-order valence-electron chi connectivity index (χ4n) is 2.93. The first kappa shape index (κ1) is 22.0. The lowest BCUT2D eigenvalue weighted by Gasteiger charge is -2.15. The summed E-state index contributed by atoms with van der Waals surface area (Å²) in [6.45, 7) is 4.32. The van der Waals surface area contributed by atoms with Crippen molar-refractivity contribution in [2.24, 2.45) is 0 Å². The molecule has 0 aliphatic rings. The number of sulfonamides is 1. The van der Waals surface area contributed by atoms with Crippen LogP contribution in [0.25, 0.3) is 17.0 Å². The second-order valence-electron chi connectivity index (χ2n) is 6.51. The van der Waals surface area contributed by atoms with Crippen LogP contribution in [0.15, 0.2) is 49.7 Å². The van der Waals surface area contributed by atoms with Gasteiger partial charge < -0.3 is 9.15 Å². The fraction of sp³-hybridized carbons (Fsp3) is 0.238. The molecule has 0 spiro atoms. The molecule has 1 heterocycles. The minimum Gasteiger partial charge on any atom is -0.488 e. The van der Waals surface area contributed by atoms with Gasteiger partial charge in [0.1, 0.15) is 22.2 Å². The maximum atomic E-state index is 12.3. The topological polar surface area (TPSA) is 68.5 Å². The normalized spacial score (nSPS) is 12.5. The fourth-order valence-corrected chi connectivity index (χ4v) is 5.40. The van der Waals surface area contributed by atoms with Gasteiger partial charge in [-0.1, -0.05) is 12.1 Å². The van der Waals surface area contributed by atoms with Crippen molar-refractivity contribution in [1.82, 2.24) is 4.72 Å². The average molecular weight is 496 g/mol. The van der Waals surface area contributed by atoms with Crippen molar-refractivity contribution in [3.63, 3.8) is 0 Å². The van der Waals surface area contributed by atoms with Gasteiger partial charge in [0.25, 0.3) is 0 Å². The minimum atomic E-state index is -3.54. The maximum absolute atomic E-state index is 12.3. The molecule has 0 amide bonds. The Morgan fingerprint density at radius 1 is 1.28 bits per heavy atom. The summed E-state index contributed by atoms with van der Waals surface area (Å²) in [7, 11) is -2.13. The molecule has 0 aliphatic heterocycles. The molecule has 8 heteroatoms. The number of ether oxygens (including phenoxy) is 1. The Morgan fingerprint density at radius 2 is 2.03 bits per heavy atom. The molecule has 0 unspecified atom stereocenters. The Bertz CT molecular complexity index is 1180. The molecule has 0 saturated carbocycles. The van der Waals surface area contributed by atoms with Crippen molar-refractivity contribution in [1.29, 1.82) is 0 Å². The van der Waals surface area contributed by atoms with E-state index in [2.05, 4.69) is 20.7 Å². The van der Waals surface area contributed by atoms with Gasteiger partial charge in [-0.25, -0.2) is 13.1 Å². The lowest BCUT2D eigenvalue weighted by Crippen LogP contribution is -2.18. The molecular weight excluding hydrogens is 474 g/mol. The Hall–Kier alpha value is -1.74. The van der Waals surface area contributed by atoms with Crippen molar-refractivity contribution in [2.45, 2.75) is 20.5 Å². The van der Waals surface area contributed by atoms with Gasteiger partial charge in [-0.15, -0.1) is 11.8 Å². The molecule has 3 aromatic rings. The predicted octanol–water partition coefficient (Wildman–Crippen LogP) is 5.60. The molecule has 5 nitrogen and oxygen atoms in total. The van der Waals surface area contributed by atoms with Gasteiger partial charge in [0, 0.05) is 10.9 Å². The number of hydrogen-bond donors (Lipinski definition) is 1. The summed E-state index contributed by atoms with van der Waals surface area (Å²) < 4.78 is 39.6. The Balaban J connectivity index is 1.98. The second kappa shape index (κ2) is 8.95. The van der Waals surface area contributed by atoms with Crippen molar-refractivity contribution in [3.8, 4) is 5.75 Å². The minimum absolute atomic E-state index is 0.232. The van der Waals surface area contributed by atoms with Crippen molar-refractivity contribution in [3.05, 3.63) is 67.6 Å². The monoisotopic (exact) mass is 495 g/mol. The third kappa shape index (κ3) is 4.71. The molecule has 0 radical (unpaired) electrons. The van der Waals surface area contributed by atoms with E-state index in [-0.39, 0.29) is 4.24 Å². The van der Waals surface area contributed by atoms with Crippen molar-refractivity contribution in [2.75, 3.05) is 13.3 Å². The molecule has 0 atom stereocenters. The molecular formula is C21H22BrNO4S2. The number of nitrogens with one attached hydrogen (secondary N) is 1. The van der Waals surface area contributed by atoms with Crippen LogP contribution in [-0.2, 0) is 16.6 Å². The zero-order chi connectivity index (χ0) is 21.2. The molecule has 1 aromatic heterocycles. The first-order valence-corrected chi connectivity index (χ1v) is 12.3. The zero-order valence-corrected chi connectivity index (χ0v) is 19.8. The number of benzene rings is 2. The van der Waals surface area contributed by atoms with Gasteiger partial charge in [-0.05, 0) is 84.0 Å². The number of hydrogen-bond acceptors (Lipinski definition) is 5. The van der Waals surface area contributed by atoms with Crippen LogP contribution in [0.4, 0.5) is 0 Å². The Morgan fingerprint density at radius 3 is 2.72 bits per heavy atom. The third-order valence-corrected chi connectivity index (χ3v) is 8.12. The number of thioether (sulfide) groups is 1. The van der Waals surface area contributed by atoms with Crippen LogP contribution in [-0.4, -0.2) is 21.7 Å². The lowest BCUT2D eigenvalue weighted by molar-refractivity contribution is 0.303. The molecule has 2 aromatic carbocycles. The highest BCUT2D eigenvalue weighted by atomic mass is 79.9. The van der Waals surface area contributed by atoms with Gasteiger partial charge in [-0.2, -0.15) is 0 Å². The first-order chi connectivity index (χ1) is 13.8. The standard InChI is InChI=1S/C21H22BrNO4S2/c1-13-5-6-16(11-19(28-4)29(24,25)23-3)20(14(13)2)27-12-15-9-17-7-8-26-21(17)18(22)10-15/h5-11,23H,12H2,1-4H3/b19-11+. The van der Waals surface area contributed by atoms with Crippen LogP contribution < -0.4 is 9.46 Å². The highest BCUT2D eigenvalue weighted by Crippen LogP contribution is 2.33. The molecule has 154 valence electrons. The number of halogens is 1. The van der Waals surface area contributed by atoms with Crippen LogP contribution in [0.5, 0.6) is 5.75 Å². The Labute approximate surface area is 183 Å². The summed E-state index contributed by atoms with van der Waals surface area (Å²) >= 11 is 4.70. The van der Waals surface area contributed by atoms with E-state index >= 15 is 0 Å². The molecule has 29 heavy (non-hydrogen) atoms. The molecule has 0 saturated heterocycles. The van der Waals surface area contributed by atoms with Gasteiger partial charge in [0.05, 0.1) is 10.7 Å². The molecule has 1 N–H and O–H groups in total. The second-order valence-corrected chi connectivity index (χ2v) is 10.3. The SMILES string of the molecule is CNS(=O)(=O)/C(=C/c1ccc(C)c(C)c1OCc1cc(Br)c2occc2c1)SC. The highest BCUT2D eigenvalue weighted by Gasteiger charge is 2.17. The maximum Gasteiger partial charge on any atom is 0.246 e. The molecule has 0 aliphatic carbocycles. The van der Waals surface area contributed by atoms with E-state index in [1.54, 1.807) is 18.6 Å². The number of furan rings is 1. The summed E-state index contributed by atoms with van der Waals surface area (Å²) in [4.78, 5) is 0. The van der Waals surface area contributed by atoms with Crippen LogP contribution >= 0.6 is 27.7 Å². The van der Waals surface area contributed by atoms with Crippen LogP contribution in [0, 0.1) is 13.8 Å². The van der Waals surface area contributed by atoms with E-state index in [9.17, 15) is 8.42 Å². The van der Waals surface area contributed by atoms with Crippen molar-refractivity contribution < 1.29 is 17.6 Å². The third-order valence-electron chi connectivity index (χ3n) is 4.66. The summed E-state index contributed by atoms with van der Waals surface area (Å²) in [5.41, 5.74) is 4.55. The largest absolute Gasteiger partial charge is 0.488 e. The van der Waals surface area contributed by atoms with Crippen molar-refractivity contribution >= 4 is 54.8 Å². The summed E-state index contributed by atoms with van der Waals surface area (Å²) in [5.74, 6) is 0.672. The van der Waals surface area contributed by atoms with Crippen LogP contribution in [0.2, 0.25) is 0 Å². The van der Waals surface area contributed by atoms with Crippen LogP contribution in [0.3, 0.4) is 0 Å². The average Bonchev–Trinajstić information content (AvgIpc) is 3.17. The number of rotatable bonds is 7. The van der Waals surface area contributed by atoms with E-state index in [0.29, 0.717) is 12.4 Å². The van der Waals surface area contributed by atoms with E-state index in [0.717, 1.165) is 37.7 Å². The Kier molecular flexibility index (Phi) is 6.78. The lowest BCUT2D eigenvalue weighted by atomic mass is 10.0. The quantitative estimate of drug-likeness (QED) is 0.461. The molecule has 0 fully saturated rings. The summed E-state index contributed by atoms with van der Waals surface area (Å²) in [6, 6.07) is 9.73. The van der Waals surface area contributed by atoms with Gasteiger partial charge >= 0.3 is 0 Å². The van der Waals surface area contributed by atoms with Gasteiger partial charge in [0.2, 0.25) is 10.0 Å². The van der Waals surface area contributed by atoms with Gasteiger partial charge in [0.15, 0.2) is 0 Å². The highest BCUT2D eigenvalue weighted by molar-refractivity contribution is 9.10. The summed E-state index contributed by atoms with van der Waals surface area (Å²) in [6.07, 6.45) is 5.03.